The van der Waals surface area contributed by atoms with Gasteiger partial charge >= 0.3 is 0 Å². The van der Waals surface area contributed by atoms with E-state index in [1.54, 1.807) is 12.3 Å². The normalized spacial score (nSPS) is 10.3. The molecule has 0 aliphatic heterocycles. The summed E-state index contributed by atoms with van der Waals surface area (Å²) in [6, 6.07) is 21.0. The molecule has 0 unspecified atom stereocenters. The smallest absolute Gasteiger partial charge is 0.251 e. The Bertz CT molecular complexity index is 718. The fraction of sp³-hybridized carbons (Fsp3) is 0.0556. The quantitative estimate of drug-likeness (QED) is 0.786. The molecule has 0 saturated heterocycles. The van der Waals surface area contributed by atoms with Gasteiger partial charge in [0.2, 0.25) is 0 Å². The highest BCUT2D eigenvalue weighted by Gasteiger charge is 2.08. The number of hydrogen-bond donors (Lipinski definition) is 1. The Morgan fingerprint density at radius 1 is 0.952 bits per heavy atom. The average molecular weight is 277 g/mol. The van der Waals surface area contributed by atoms with Gasteiger partial charge in [-0.1, -0.05) is 42.5 Å². The molecule has 104 valence electrons. The van der Waals surface area contributed by atoms with Crippen molar-refractivity contribution < 1.29 is 9.21 Å². The molecule has 0 aliphatic carbocycles. The van der Waals surface area contributed by atoms with Crippen molar-refractivity contribution in [3.8, 4) is 11.3 Å². The molecule has 2 aromatic carbocycles. The number of hydrogen-bond acceptors (Lipinski definition) is 2. The predicted octanol–water partition coefficient (Wildman–Crippen LogP) is 3.88. The fourth-order valence-corrected chi connectivity index (χ4v) is 2.14. The van der Waals surface area contributed by atoms with Crippen LogP contribution in [0, 0.1) is 0 Å². The second-order valence-electron chi connectivity index (χ2n) is 4.73. The van der Waals surface area contributed by atoms with E-state index in [9.17, 15) is 4.79 Å². The van der Waals surface area contributed by atoms with Crippen molar-refractivity contribution in [2.75, 3.05) is 0 Å². The summed E-state index contributed by atoms with van der Waals surface area (Å²) in [4.78, 5) is 12.2. The van der Waals surface area contributed by atoms with Crippen LogP contribution in [0.5, 0.6) is 0 Å². The summed E-state index contributed by atoms with van der Waals surface area (Å²) in [5, 5.41) is 2.92. The summed E-state index contributed by atoms with van der Waals surface area (Å²) in [5.74, 6) is 0.667. The summed E-state index contributed by atoms with van der Waals surface area (Å²) >= 11 is 0. The number of carbonyl (C=O) groups excluding carboxylic acids is 1. The molecule has 3 heteroatoms. The summed E-state index contributed by atoms with van der Waals surface area (Å²) in [6.45, 7) is 0.519. The standard InChI is InChI=1S/C18H15NO2/c20-18(19-13-14-6-2-1-3-7-14)16-9-4-8-15(12-16)17-10-5-11-21-17/h1-12H,13H2,(H,19,20). The zero-order chi connectivity index (χ0) is 14.5. The van der Waals surface area contributed by atoms with Crippen molar-refractivity contribution >= 4 is 5.91 Å². The third-order valence-corrected chi connectivity index (χ3v) is 3.23. The monoisotopic (exact) mass is 277 g/mol. The largest absolute Gasteiger partial charge is 0.464 e. The van der Waals surface area contributed by atoms with Crippen LogP contribution >= 0.6 is 0 Å². The first-order valence-electron chi connectivity index (χ1n) is 6.79. The van der Waals surface area contributed by atoms with Gasteiger partial charge in [-0.05, 0) is 29.8 Å². The van der Waals surface area contributed by atoms with Gasteiger partial charge in [0.05, 0.1) is 6.26 Å². The Kier molecular flexibility index (Phi) is 3.83. The minimum atomic E-state index is -0.0905. The summed E-state index contributed by atoms with van der Waals surface area (Å²) < 4.78 is 5.35. The van der Waals surface area contributed by atoms with Crippen LogP contribution in [-0.2, 0) is 6.54 Å². The van der Waals surface area contributed by atoms with Crippen molar-refractivity contribution in [3.63, 3.8) is 0 Å². The Morgan fingerprint density at radius 3 is 2.57 bits per heavy atom. The number of carbonyl (C=O) groups is 1. The van der Waals surface area contributed by atoms with Crippen LogP contribution in [0.15, 0.2) is 77.4 Å². The molecular weight excluding hydrogens is 262 g/mol. The third-order valence-electron chi connectivity index (χ3n) is 3.23. The molecule has 1 N–H and O–H groups in total. The lowest BCUT2D eigenvalue weighted by Gasteiger charge is -2.06. The highest BCUT2D eigenvalue weighted by atomic mass is 16.3. The first-order chi connectivity index (χ1) is 10.3. The number of nitrogens with one attached hydrogen (secondary N) is 1. The molecular formula is C18H15NO2. The highest BCUT2D eigenvalue weighted by molar-refractivity contribution is 5.95. The van der Waals surface area contributed by atoms with Gasteiger partial charge in [-0.15, -0.1) is 0 Å². The first-order valence-corrected chi connectivity index (χ1v) is 6.79. The first kappa shape index (κ1) is 13.2. The van der Waals surface area contributed by atoms with E-state index in [1.807, 2.05) is 60.7 Å². The molecule has 1 heterocycles. The summed E-state index contributed by atoms with van der Waals surface area (Å²) in [6.07, 6.45) is 1.62. The van der Waals surface area contributed by atoms with E-state index in [0.717, 1.165) is 16.9 Å². The zero-order valence-corrected chi connectivity index (χ0v) is 11.5. The summed E-state index contributed by atoms with van der Waals surface area (Å²) in [5.41, 5.74) is 2.60. The van der Waals surface area contributed by atoms with E-state index < -0.39 is 0 Å². The molecule has 3 rings (SSSR count). The van der Waals surface area contributed by atoms with E-state index in [4.69, 9.17) is 4.42 Å². The van der Waals surface area contributed by atoms with Crippen LogP contribution < -0.4 is 5.32 Å². The SMILES string of the molecule is O=C(NCc1ccccc1)c1cccc(-c2ccco2)c1. The van der Waals surface area contributed by atoms with Gasteiger partial charge in [-0.25, -0.2) is 0 Å². The van der Waals surface area contributed by atoms with Gasteiger partial charge in [0.15, 0.2) is 0 Å². The second-order valence-corrected chi connectivity index (χ2v) is 4.73. The van der Waals surface area contributed by atoms with Crippen LogP contribution in [0.3, 0.4) is 0 Å². The predicted molar refractivity (Wildman–Crippen MR) is 81.8 cm³/mol. The maximum absolute atomic E-state index is 12.2. The van der Waals surface area contributed by atoms with Crippen LogP contribution in [0.25, 0.3) is 11.3 Å². The third kappa shape index (κ3) is 3.20. The minimum absolute atomic E-state index is 0.0905. The maximum atomic E-state index is 12.2. The molecule has 21 heavy (non-hydrogen) atoms. The lowest BCUT2D eigenvalue weighted by Crippen LogP contribution is -2.22. The number of furan rings is 1. The van der Waals surface area contributed by atoms with Crippen molar-refractivity contribution in [3.05, 3.63) is 84.1 Å². The number of rotatable bonds is 4. The molecule has 0 radical (unpaired) electrons. The molecule has 3 nitrogen and oxygen atoms in total. The topological polar surface area (TPSA) is 42.2 Å². The zero-order valence-electron chi connectivity index (χ0n) is 11.5. The Morgan fingerprint density at radius 2 is 1.81 bits per heavy atom. The second kappa shape index (κ2) is 6.09. The van der Waals surface area contributed by atoms with Crippen molar-refractivity contribution in [2.24, 2.45) is 0 Å². The minimum Gasteiger partial charge on any atom is -0.464 e. The van der Waals surface area contributed by atoms with Crippen LogP contribution in [0.1, 0.15) is 15.9 Å². The van der Waals surface area contributed by atoms with Crippen molar-refractivity contribution in [1.29, 1.82) is 0 Å². The van der Waals surface area contributed by atoms with Gasteiger partial charge < -0.3 is 9.73 Å². The lowest BCUT2D eigenvalue weighted by molar-refractivity contribution is 0.0951. The van der Waals surface area contributed by atoms with Gasteiger partial charge in [-0.2, -0.15) is 0 Å². The van der Waals surface area contributed by atoms with Crippen LogP contribution in [0.2, 0.25) is 0 Å². The van der Waals surface area contributed by atoms with Crippen molar-refractivity contribution in [2.45, 2.75) is 6.54 Å². The molecule has 1 aromatic heterocycles. The average Bonchev–Trinajstić information content (AvgIpc) is 3.08. The maximum Gasteiger partial charge on any atom is 0.251 e. The Labute approximate surface area is 123 Å². The van der Waals surface area contributed by atoms with Crippen molar-refractivity contribution in [1.82, 2.24) is 5.32 Å². The molecule has 1 amide bonds. The van der Waals surface area contributed by atoms with Gasteiger partial charge in [0.25, 0.3) is 5.91 Å². The lowest BCUT2D eigenvalue weighted by atomic mass is 10.1. The van der Waals surface area contributed by atoms with Gasteiger partial charge in [0, 0.05) is 17.7 Å². The molecule has 0 saturated carbocycles. The number of benzene rings is 2. The fourth-order valence-electron chi connectivity index (χ4n) is 2.14. The van der Waals surface area contributed by atoms with Crippen LogP contribution in [-0.4, -0.2) is 5.91 Å². The van der Waals surface area contributed by atoms with Gasteiger partial charge in [-0.3, -0.25) is 4.79 Å². The molecule has 0 aliphatic rings. The Balaban J connectivity index is 1.72. The molecule has 0 spiro atoms. The highest BCUT2D eigenvalue weighted by Crippen LogP contribution is 2.20. The van der Waals surface area contributed by atoms with E-state index in [2.05, 4.69) is 5.32 Å². The molecule has 3 aromatic rings. The van der Waals surface area contributed by atoms with E-state index >= 15 is 0 Å². The van der Waals surface area contributed by atoms with Gasteiger partial charge in [0.1, 0.15) is 5.76 Å². The van der Waals surface area contributed by atoms with E-state index in [1.165, 1.54) is 0 Å². The van der Waals surface area contributed by atoms with E-state index in [0.29, 0.717) is 12.1 Å². The number of amides is 1. The Hall–Kier alpha value is -2.81. The summed E-state index contributed by atoms with van der Waals surface area (Å²) in [7, 11) is 0. The molecule has 0 fully saturated rings. The van der Waals surface area contributed by atoms with E-state index in [-0.39, 0.29) is 5.91 Å². The van der Waals surface area contributed by atoms with Crippen LogP contribution in [0.4, 0.5) is 0 Å². The molecule has 0 atom stereocenters. The molecule has 0 bridgehead atoms.